The number of hydrogen-bond donors (Lipinski definition) is 0. The molecule has 122 valence electrons. The molecule has 7 nitrogen and oxygen atoms in total. The molecule has 0 spiro atoms. The molecule has 2 aliphatic rings. The van der Waals surface area contributed by atoms with E-state index in [0.29, 0.717) is 36.0 Å². The molecule has 2 fully saturated rings. The first kappa shape index (κ1) is 14.6. The number of hydrogen-bond acceptors (Lipinski definition) is 6. The summed E-state index contributed by atoms with van der Waals surface area (Å²) in [6, 6.07) is 7.77. The molecule has 23 heavy (non-hydrogen) atoms. The van der Waals surface area contributed by atoms with Crippen LogP contribution in [0.25, 0.3) is 11.3 Å². The molecule has 2 aromatic rings. The average Bonchev–Trinajstić information content (AvgIpc) is 3.10. The summed E-state index contributed by atoms with van der Waals surface area (Å²) >= 11 is 0. The standard InChI is InChI=1S/C16H19N3O4/c1-11-3-2-4-12(7-11)16-13(17-23-19(16)20)8-18-9-14-15(10-18)22-6-5-21-14/h2-4,7,14-15H,5-6,8-10H2,1H3/t14-,15+. The highest BCUT2D eigenvalue weighted by Crippen LogP contribution is 2.25. The molecule has 4 rings (SSSR count). The number of aryl methyl sites for hydroxylation is 1. The van der Waals surface area contributed by atoms with E-state index in [1.165, 1.54) is 0 Å². The van der Waals surface area contributed by atoms with Gasteiger partial charge in [0.05, 0.1) is 32.0 Å². The molecular weight excluding hydrogens is 298 g/mol. The Kier molecular flexibility index (Phi) is 3.76. The minimum atomic E-state index is 0.109. The normalized spacial score (nSPS) is 24.7. The van der Waals surface area contributed by atoms with Crippen molar-refractivity contribution in [2.24, 2.45) is 0 Å². The highest BCUT2D eigenvalue weighted by Gasteiger charge is 2.38. The predicted octanol–water partition coefficient (Wildman–Crippen LogP) is 0.883. The maximum atomic E-state index is 12.0. The van der Waals surface area contributed by atoms with Gasteiger partial charge < -0.3 is 14.7 Å². The van der Waals surface area contributed by atoms with Crippen LogP contribution in [-0.4, -0.2) is 48.6 Å². The Hall–Kier alpha value is -1.96. The summed E-state index contributed by atoms with van der Waals surface area (Å²) in [6.07, 6.45) is 0.217. The van der Waals surface area contributed by atoms with Crippen molar-refractivity contribution in [3.8, 4) is 11.3 Å². The van der Waals surface area contributed by atoms with Gasteiger partial charge in [0.25, 0.3) is 0 Å². The van der Waals surface area contributed by atoms with E-state index in [1.54, 1.807) is 0 Å². The van der Waals surface area contributed by atoms with Crippen LogP contribution in [-0.2, 0) is 16.0 Å². The van der Waals surface area contributed by atoms with Crippen LogP contribution in [0, 0.1) is 12.1 Å². The molecule has 1 aromatic carbocycles. The van der Waals surface area contributed by atoms with E-state index in [4.69, 9.17) is 14.1 Å². The van der Waals surface area contributed by atoms with E-state index >= 15 is 0 Å². The number of fused-ring (bicyclic) bond motifs is 1. The fraction of sp³-hybridized carbons (Fsp3) is 0.500. The Morgan fingerprint density at radius 3 is 2.70 bits per heavy atom. The van der Waals surface area contributed by atoms with Gasteiger partial charge in [0.1, 0.15) is 0 Å². The van der Waals surface area contributed by atoms with Crippen LogP contribution < -0.4 is 4.90 Å². The van der Waals surface area contributed by atoms with Crippen molar-refractivity contribution in [1.29, 1.82) is 0 Å². The Morgan fingerprint density at radius 1 is 1.26 bits per heavy atom. The van der Waals surface area contributed by atoms with Crippen molar-refractivity contribution in [3.05, 3.63) is 40.7 Å². The molecule has 0 saturated carbocycles. The first-order valence-corrected chi connectivity index (χ1v) is 7.82. The van der Waals surface area contributed by atoms with Gasteiger partial charge in [0.2, 0.25) is 11.4 Å². The number of aromatic nitrogens is 2. The van der Waals surface area contributed by atoms with E-state index in [-0.39, 0.29) is 12.2 Å². The average molecular weight is 317 g/mol. The molecule has 2 saturated heterocycles. The van der Waals surface area contributed by atoms with Crippen molar-refractivity contribution < 1.29 is 19.0 Å². The lowest BCUT2D eigenvalue weighted by atomic mass is 10.1. The number of rotatable bonds is 3. The van der Waals surface area contributed by atoms with Crippen molar-refractivity contribution >= 4 is 0 Å². The van der Waals surface area contributed by atoms with Gasteiger partial charge in [-0.2, -0.15) is 0 Å². The molecular formula is C16H19N3O4. The van der Waals surface area contributed by atoms with Crippen molar-refractivity contribution in [2.45, 2.75) is 25.7 Å². The maximum absolute atomic E-state index is 12.0. The SMILES string of the molecule is Cc1cccc(-c2c(CN3C[C@@H]4OCCO[C@@H]4C3)no[n+]2[O-])c1. The molecule has 0 bridgehead atoms. The van der Waals surface area contributed by atoms with Crippen LogP contribution >= 0.6 is 0 Å². The van der Waals surface area contributed by atoms with Crippen LogP contribution in [0.5, 0.6) is 0 Å². The van der Waals surface area contributed by atoms with Crippen molar-refractivity contribution in [1.82, 2.24) is 10.1 Å². The van der Waals surface area contributed by atoms with Gasteiger partial charge in [-0.1, -0.05) is 23.8 Å². The third-order valence-corrected chi connectivity index (χ3v) is 4.38. The highest BCUT2D eigenvalue weighted by molar-refractivity contribution is 5.59. The summed E-state index contributed by atoms with van der Waals surface area (Å²) in [5.41, 5.74) is 3.03. The largest absolute Gasteiger partial charge is 0.372 e. The number of benzene rings is 1. The monoisotopic (exact) mass is 317 g/mol. The summed E-state index contributed by atoms with van der Waals surface area (Å²) in [5, 5.41) is 16.0. The smallest absolute Gasteiger partial charge is 0.240 e. The Labute approximate surface area is 133 Å². The van der Waals surface area contributed by atoms with E-state index < -0.39 is 0 Å². The fourth-order valence-corrected chi connectivity index (χ4v) is 3.32. The third kappa shape index (κ3) is 2.83. The fourth-order valence-electron chi connectivity index (χ4n) is 3.32. The lowest BCUT2D eigenvalue weighted by molar-refractivity contribution is -0.793. The second kappa shape index (κ2) is 5.92. The second-order valence-electron chi connectivity index (χ2n) is 6.11. The molecule has 0 radical (unpaired) electrons. The zero-order chi connectivity index (χ0) is 15.8. The van der Waals surface area contributed by atoms with Gasteiger partial charge >= 0.3 is 0 Å². The summed E-state index contributed by atoms with van der Waals surface area (Å²) in [5.74, 6) is 0. The van der Waals surface area contributed by atoms with Crippen molar-refractivity contribution in [2.75, 3.05) is 26.3 Å². The number of likely N-dealkylation sites (tertiary alicyclic amines) is 1. The van der Waals surface area contributed by atoms with Gasteiger partial charge in [0.15, 0.2) is 0 Å². The molecule has 0 N–H and O–H groups in total. The zero-order valence-corrected chi connectivity index (χ0v) is 13.0. The highest BCUT2D eigenvalue weighted by atomic mass is 16.8. The molecule has 2 atom stereocenters. The van der Waals surface area contributed by atoms with E-state index in [1.807, 2.05) is 31.2 Å². The Bertz CT molecular complexity index is 688. The van der Waals surface area contributed by atoms with Crippen LogP contribution in [0.4, 0.5) is 0 Å². The van der Waals surface area contributed by atoms with Crippen LogP contribution in [0.3, 0.4) is 0 Å². The van der Waals surface area contributed by atoms with Gasteiger partial charge in [-0.25, -0.2) is 0 Å². The molecule has 3 heterocycles. The van der Waals surface area contributed by atoms with Crippen molar-refractivity contribution in [3.63, 3.8) is 0 Å². The molecule has 1 aromatic heterocycles. The maximum Gasteiger partial charge on any atom is 0.240 e. The minimum Gasteiger partial charge on any atom is -0.372 e. The Balaban J connectivity index is 1.56. The number of nitrogens with zero attached hydrogens (tertiary/aromatic N) is 3. The lowest BCUT2D eigenvalue weighted by Gasteiger charge is -2.24. The number of ether oxygens (including phenoxy) is 2. The molecule has 2 aliphatic heterocycles. The van der Waals surface area contributed by atoms with Gasteiger partial charge in [-0.15, -0.1) is 0 Å². The molecule has 0 unspecified atom stereocenters. The second-order valence-corrected chi connectivity index (χ2v) is 6.11. The summed E-state index contributed by atoms with van der Waals surface area (Å²) in [6.45, 7) is 5.39. The van der Waals surface area contributed by atoms with Crippen LogP contribution in [0.1, 0.15) is 11.3 Å². The van der Waals surface area contributed by atoms with E-state index in [0.717, 1.165) is 24.2 Å². The zero-order valence-electron chi connectivity index (χ0n) is 13.0. The molecule has 7 heteroatoms. The Morgan fingerprint density at radius 2 is 2.00 bits per heavy atom. The minimum absolute atomic E-state index is 0.109. The summed E-state index contributed by atoms with van der Waals surface area (Å²) in [7, 11) is 0. The summed E-state index contributed by atoms with van der Waals surface area (Å²) in [4.78, 5) is 2.68. The lowest BCUT2D eigenvalue weighted by Crippen LogP contribution is -2.36. The van der Waals surface area contributed by atoms with Gasteiger partial charge in [0, 0.05) is 23.8 Å². The van der Waals surface area contributed by atoms with E-state index in [9.17, 15) is 5.21 Å². The summed E-state index contributed by atoms with van der Waals surface area (Å²) < 4.78 is 16.3. The first-order chi connectivity index (χ1) is 11.2. The van der Waals surface area contributed by atoms with Gasteiger partial charge in [-0.3, -0.25) is 9.53 Å². The van der Waals surface area contributed by atoms with E-state index in [2.05, 4.69) is 10.1 Å². The van der Waals surface area contributed by atoms with Gasteiger partial charge in [-0.05, 0) is 17.9 Å². The molecule has 0 aliphatic carbocycles. The third-order valence-electron chi connectivity index (χ3n) is 4.38. The first-order valence-electron chi connectivity index (χ1n) is 7.82. The molecule has 0 amide bonds. The predicted molar refractivity (Wildman–Crippen MR) is 80.4 cm³/mol. The quantitative estimate of drug-likeness (QED) is 0.783. The van der Waals surface area contributed by atoms with Crippen LogP contribution in [0.15, 0.2) is 28.9 Å². The topological polar surface area (TPSA) is 74.7 Å². The van der Waals surface area contributed by atoms with Crippen LogP contribution in [0.2, 0.25) is 0 Å².